The molecule has 4 heteroatoms. The molecule has 0 radical (unpaired) electrons. The summed E-state index contributed by atoms with van der Waals surface area (Å²) in [5.74, 6) is 0.743. The van der Waals surface area contributed by atoms with Crippen LogP contribution < -0.4 is 5.73 Å². The zero-order valence-electron chi connectivity index (χ0n) is 8.73. The Morgan fingerprint density at radius 1 is 1.25 bits per heavy atom. The summed E-state index contributed by atoms with van der Waals surface area (Å²) in [4.78, 5) is 8.72. The number of hydrogen-bond donors (Lipinski definition) is 1. The third-order valence-corrected chi connectivity index (χ3v) is 2.69. The third-order valence-electron chi connectivity index (χ3n) is 2.20. The first kappa shape index (κ1) is 11.2. The summed E-state index contributed by atoms with van der Waals surface area (Å²) in [5.41, 5.74) is 7.49. The molecule has 2 N–H and O–H groups in total. The molecule has 0 saturated heterocycles. The highest BCUT2D eigenvalue weighted by atomic mass is 79.9. The second kappa shape index (κ2) is 5.18. The van der Waals surface area contributed by atoms with E-state index in [9.17, 15) is 0 Å². The van der Waals surface area contributed by atoms with Gasteiger partial charge in [-0.25, -0.2) is 9.97 Å². The van der Waals surface area contributed by atoms with Gasteiger partial charge in [0.2, 0.25) is 0 Å². The van der Waals surface area contributed by atoms with E-state index < -0.39 is 0 Å². The summed E-state index contributed by atoms with van der Waals surface area (Å²) in [6.07, 6.45) is 2.55. The minimum absolute atomic E-state index is 0.606. The van der Waals surface area contributed by atoms with E-state index >= 15 is 0 Å². The lowest BCUT2D eigenvalue weighted by molar-refractivity contribution is 0.913. The van der Waals surface area contributed by atoms with Crippen molar-refractivity contribution in [1.82, 2.24) is 9.97 Å². The lowest BCUT2D eigenvalue weighted by atomic mass is 10.2. The van der Waals surface area contributed by atoms with Crippen LogP contribution in [0.4, 0.5) is 0 Å². The Hall–Kier alpha value is -1.26. The molecule has 0 unspecified atom stereocenters. The van der Waals surface area contributed by atoms with Gasteiger partial charge < -0.3 is 5.73 Å². The zero-order chi connectivity index (χ0) is 11.4. The van der Waals surface area contributed by atoms with E-state index in [1.54, 1.807) is 6.20 Å². The molecule has 2 aromatic rings. The van der Waals surface area contributed by atoms with Gasteiger partial charge in [0.25, 0.3) is 0 Å². The lowest BCUT2D eigenvalue weighted by Gasteiger charge is -2.03. The number of rotatable bonds is 3. The molecule has 1 aromatic carbocycles. The quantitative estimate of drug-likeness (QED) is 0.938. The van der Waals surface area contributed by atoms with E-state index in [-0.39, 0.29) is 0 Å². The standard InChI is InChI=1S/C12H12BrN3/c13-10-3-1-2-9(8-10)12-15-7-5-11(16-12)4-6-14/h1-3,5,7-8H,4,6,14H2. The number of hydrogen-bond acceptors (Lipinski definition) is 3. The highest BCUT2D eigenvalue weighted by molar-refractivity contribution is 9.10. The highest BCUT2D eigenvalue weighted by Gasteiger charge is 2.02. The fourth-order valence-electron chi connectivity index (χ4n) is 1.45. The lowest BCUT2D eigenvalue weighted by Crippen LogP contribution is -2.05. The Kier molecular flexibility index (Phi) is 3.64. The molecule has 0 saturated carbocycles. The van der Waals surface area contributed by atoms with Gasteiger partial charge in [-0.15, -0.1) is 0 Å². The molecule has 0 aliphatic carbocycles. The summed E-state index contributed by atoms with van der Waals surface area (Å²) < 4.78 is 1.03. The van der Waals surface area contributed by atoms with Gasteiger partial charge in [-0.05, 0) is 24.7 Å². The molecule has 0 amide bonds. The molecular formula is C12H12BrN3. The van der Waals surface area contributed by atoms with Crippen LogP contribution in [0, 0.1) is 0 Å². The van der Waals surface area contributed by atoms with Gasteiger partial charge >= 0.3 is 0 Å². The number of benzene rings is 1. The molecule has 0 bridgehead atoms. The van der Waals surface area contributed by atoms with E-state index in [1.165, 1.54) is 0 Å². The average molecular weight is 278 g/mol. The Balaban J connectivity index is 2.36. The van der Waals surface area contributed by atoms with E-state index in [0.717, 1.165) is 28.0 Å². The van der Waals surface area contributed by atoms with Crippen LogP contribution in [0.25, 0.3) is 11.4 Å². The zero-order valence-corrected chi connectivity index (χ0v) is 10.3. The molecule has 0 aliphatic heterocycles. The van der Waals surface area contributed by atoms with Crippen molar-refractivity contribution in [2.75, 3.05) is 6.54 Å². The second-order valence-corrected chi connectivity index (χ2v) is 4.34. The largest absolute Gasteiger partial charge is 0.330 e. The smallest absolute Gasteiger partial charge is 0.159 e. The molecule has 0 aliphatic rings. The van der Waals surface area contributed by atoms with Crippen LogP contribution in [-0.4, -0.2) is 16.5 Å². The Labute approximate surface area is 103 Å². The fourth-order valence-corrected chi connectivity index (χ4v) is 1.85. The van der Waals surface area contributed by atoms with Crippen molar-refractivity contribution in [2.24, 2.45) is 5.73 Å². The van der Waals surface area contributed by atoms with Crippen molar-refractivity contribution in [1.29, 1.82) is 0 Å². The van der Waals surface area contributed by atoms with Crippen LogP contribution in [0.1, 0.15) is 5.69 Å². The minimum Gasteiger partial charge on any atom is -0.330 e. The van der Waals surface area contributed by atoms with Crippen LogP contribution in [-0.2, 0) is 6.42 Å². The van der Waals surface area contributed by atoms with Crippen LogP contribution in [0.3, 0.4) is 0 Å². The van der Waals surface area contributed by atoms with Crippen LogP contribution >= 0.6 is 15.9 Å². The first-order valence-electron chi connectivity index (χ1n) is 5.07. The topological polar surface area (TPSA) is 51.8 Å². The van der Waals surface area contributed by atoms with E-state index in [1.807, 2.05) is 30.3 Å². The predicted molar refractivity (Wildman–Crippen MR) is 67.9 cm³/mol. The molecule has 16 heavy (non-hydrogen) atoms. The Morgan fingerprint density at radius 3 is 2.88 bits per heavy atom. The Bertz CT molecular complexity index is 485. The summed E-state index contributed by atoms with van der Waals surface area (Å²) in [5, 5.41) is 0. The first-order valence-corrected chi connectivity index (χ1v) is 5.87. The molecule has 2 rings (SSSR count). The second-order valence-electron chi connectivity index (χ2n) is 3.42. The van der Waals surface area contributed by atoms with E-state index in [0.29, 0.717) is 6.54 Å². The Morgan fingerprint density at radius 2 is 2.12 bits per heavy atom. The molecule has 1 heterocycles. The van der Waals surface area contributed by atoms with Gasteiger partial charge in [-0.3, -0.25) is 0 Å². The number of nitrogens with two attached hydrogens (primary N) is 1. The number of nitrogens with zero attached hydrogens (tertiary/aromatic N) is 2. The van der Waals surface area contributed by atoms with Crippen LogP contribution in [0.2, 0.25) is 0 Å². The summed E-state index contributed by atoms with van der Waals surface area (Å²) in [7, 11) is 0. The molecule has 1 aromatic heterocycles. The van der Waals surface area contributed by atoms with Gasteiger partial charge in [0.1, 0.15) is 0 Å². The van der Waals surface area contributed by atoms with E-state index in [2.05, 4.69) is 25.9 Å². The molecule has 82 valence electrons. The SMILES string of the molecule is NCCc1ccnc(-c2cccc(Br)c2)n1. The van der Waals surface area contributed by atoms with Gasteiger partial charge in [-0.1, -0.05) is 28.1 Å². The number of aromatic nitrogens is 2. The molecule has 0 fully saturated rings. The summed E-state index contributed by atoms with van der Waals surface area (Å²) in [6, 6.07) is 9.84. The van der Waals surface area contributed by atoms with Gasteiger partial charge in [0.15, 0.2) is 5.82 Å². The average Bonchev–Trinajstić information content (AvgIpc) is 2.30. The normalized spacial score (nSPS) is 10.4. The van der Waals surface area contributed by atoms with Crippen molar-refractivity contribution in [2.45, 2.75) is 6.42 Å². The van der Waals surface area contributed by atoms with Crippen LogP contribution in [0.15, 0.2) is 41.0 Å². The maximum Gasteiger partial charge on any atom is 0.159 e. The first-order chi connectivity index (χ1) is 7.79. The maximum absolute atomic E-state index is 5.51. The van der Waals surface area contributed by atoms with Crippen molar-refractivity contribution >= 4 is 15.9 Å². The molecule has 0 spiro atoms. The molecule has 0 atom stereocenters. The van der Waals surface area contributed by atoms with Crippen molar-refractivity contribution in [3.05, 3.63) is 46.7 Å². The van der Waals surface area contributed by atoms with Gasteiger partial charge in [-0.2, -0.15) is 0 Å². The fraction of sp³-hybridized carbons (Fsp3) is 0.167. The van der Waals surface area contributed by atoms with Crippen molar-refractivity contribution < 1.29 is 0 Å². The van der Waals surface area contributed by atoms with Gasteiger partial charge in [0.05, 0.1) is 0 Å². The molecule has 3 nitrogen and oxygen atoms in total. The third kappa shape index (κ3) is 2.65. The van der Waals surface area contributed by atoms with E-state index in [4.69, 9.17) is 5.73 Å². The van der Waals surface area contributed by atoms with Gasteiger partial charge in [0, 0.05) is 28.3 Å². The monoisotopic (exact) mass is 277 g/mol. The van der Waals surface area contributed by atoms with Crippen molar-refractivity contribution in [3.8, 4) is 11.4 Å². The summed E-state index contributed by atoms with van der Waals surface area (Å²) in [6.45, 7) is 0.606. The summed E-state index contributed by atoms with van der Waals surface area (Å²) >= 11 is 3.43. The maximum atomic E-state index is 5.51. The minimum atomic E-state index is 0.606. The highest BCUT2D eigenvalue weighted by Crippen LogP contribution is 2.19. The number of halogens is 1. The molecular weight excluding hydrogens is 266 g/mol. The van der Waals surface area contributed by atoms with Crippen LogP contribution in [0.5, 0.6) is 0 Å². The predicted octanol–water partition coefficient (Wildman–Crippen LogP) is 2.41. The van der Waals surface area contributed by atoms with Crippen molar-refractivity contribution in [3.63, 3.8) is 0 Å².